The lowest BCUT2D eigenvalue weighted by Crippen LogP contribution is -2.36. The van der Waals surface area contributed by atoms with Crippen molar-refractivity contribution in [2.45, 2.75) is 32.0 Å². The molecule has 0 saturated carbocycles. The Morgan fingerprint density at radius 3 is 3.05 bits per heavy atom. The molecule has 7 nitrogen and oxygen atoms in total. The first-order valence-electron chi connectivity index (χ1n) is 6.84. The van der Waals surface area contributed by atoms with E-state index in [0.29, 0.717) is 12.6 Å². The van der Waals surface area contributed by atoms with Crippen LogP contribution in [0.25, 0.3) is 0 Å². The Hall–Kier alpha value is -2.02. The van der Waals surface area contributed by atoms with Crippen LogP contribution in [0.2, 0.25) is 0 Å². The van der Waals surface area contributed by atoms with Crippen LogP contribution >= 0.6 is 0 Å². The summed E-state index contributed by atoms with van der Waals surface area (Å²) in [5.74, 6) is 0. The van der Waals surface area contributed by atoms with Crippen molar-refractivity contribution in [1.82, 2.24) is 29.7 Å². The quantitative estimate of drug-likeness (QED) is 0.787. The zero-order valence-corrected chi connectivity index (χ0v) is 11.5. The van der Waals surface area contributed by atoms with Gasteiger partial charge in [-0.2, -0.15) is 20.1 Å². The summed E-state index contributed by atoms with van der Waals surface area (Å²) < 4.78 is 1.54. The van der Waals surface area contributed by atoms with Crippen LogP contribution in [-0.4, -0.2) is 42.3 Å². The topological polar surface area (TPSA) is 68.8 Å². The van der Waals surface area contributed by atoms with Gasteiger partial charge in [-0.15, -0.1) is 0 Å². The van der Waals surface area contributed by atoms with E-state index in [0.717, 1.165) is 31.6 Å². The van der Waals surface area contributed by atoms with E-state index < -0.39 is 0 Å². The second kappa shape index (κ2) is 5.54. The molecule has 0 aliphatic carbocycles. The van der Waals surface area contributed by atoms with Crippen LogP contribution in [0.1, 0.15) is 18.5 Å². The Morgan fingerprint density at radius 1 is 1.40 bits per heavy atom. The molecule has 3 heterocycles. The Kier molecular flexibility index (Phi) is 3.60. The average Bonchev–Trinajstić information content (AvgIpc) is 3.03. The monoisotopic (exact) mass is 274 g/mol. The predicted octanol–water partition coefficient (Wildman–Crippen LogP) is 0.0364. The van der Waals surface area contributed by atoms with Crippen LogP contribution in [0.3, 0.4) is 0 Å². The Balaban J connectivity index is 1.69. The van der Waals surface area contributed by atoms with E-state index in [-0.39, 0.29) is 5.56 Å². The third kappa shape index (κ3) is 2.77. The molecule has 1 saturated heterocycles. The Morgan fingerprint density at radius 2 is 2.30 bits per heavy atom. The van der Waals surface area contributed by atoms with E-state index in [2.05, 4.69) is 20.2 Å². The molecule has 106 valence electrons. The fourth-order valence-corrected chi connectivity index (χ4v) is 2.70. The molecule has 0 radical (unpaired) electrons. The first kappa shape index (κ1) is 13.0. The van der Waals surface area contributed by atoms with Gasteiger partial charge in [0.15, 0.2) is 0 Å². The summed E-state index contributed by atoms with van der Waals surface area (Å²) >= 11 is 0. The maximum atomic E-state index is 11.7. The maximum absolute atomic E-state index is 11.7. The van der Waals surface area contributed by atoms with Gasteiger partial charge >= 0.3 is 0 Å². The van der Waals surface area contributed by atoms with Crippen molar-refractivity contribution in [3.63, 3.8) is 0 Å². The molecule has 1 fully saturated rings. The van der Waals surface area contributed by atoms with Gasteiger partial charge < -0.3 is 0 Å². The highest BCUT2D eigenvalue weighted by Gasteiger charge is 2.26. The van der Waals surface area contributed by atoms with Gasteiger partial charge in [0.1, 0.15) is 0 Å². The van der Waals surface area contributed by atoms with Crippen LogP contribution in [0.4, 0.5) is 0 Å². The largest absolute Gasteiger partial charge is 0.293 e. The van der Waals surface area contributed by atoms with Crippen LogP contribution in [0.5, 0.6) is 0 Å². The molecule has 1 unspecified atom stereocenters. The van der Waals surface area contributed by atoms with E-state index in [4.69, 9.17) is 0 Å². The minimum atomic E-state index is -0.0427. The first-order valence-corrected chi connectivity index (χ1v) is 6.84. The lowest BCUT2D eigenvalue weighted by Gasteiger charge is -2.23. The number of aryl methyl sites for hydroxylation is 1. The Labute approximate surface area is 116 Å². The minimum absolute atomic E-state index is 0.0427. The molecule has 1 aliphatic rings. The Bertz CT molecular complexity index is 634. The molecule has 0 N–H and O–H groups in total. The lowest BCUT2D eigenvalue weighted by molar-refractivity contribution is 0.214. The normalized spacial score (nSPS) is 19.6. The van der Waals surface area contributed by atoms with Gasteiger partial charge in [0.25, 0.3) is 5.56 Å². The number of hydrogen-bond donors (Lipinski definition) is 0. The summed E-state index contributed by atoms with van der Waals surface area (Å²) in [5.41, 5.74) is 0.923. The highest BCUT2D eigenvalue weighted by molar-refractivity contribution is 4.94. The molecular weight excluding hydrogens is 256 g/mol. The third-order valence-corrected chi connectivity index (χ3v) is 3.68. The highest BCUT2D eigenvalue weighted by Crippen LogP contribution is 2.20. The van der Waals surface area contributed by atoms with E-state index in [1.54, 1.807) is 34.0 Å². The first-order chi connectivity index (χ1) is 9.72. The molecule has 0 aromatic carbocycles. The van der Waals surface area contributed by atoms with E-state index in [9.17, 15) is 4.79 Å². The van der Waals surface area contributed by atoms with Gasteiger partial charge in [-0.05, 0) is 25.5 Å². The highest BCUT2D eigenvalue weighted by atomic mass is 16.1. The smallest absolute Gasteiger partial charge is 0.266 e. The number of likely N-dealkylation sites (tertiary alicyclic amines) is 1. The van der Waals surface area contributed by atoms with Gasteiger partial charge in [0, 0.05) is 31.9 Å². The fraction of sp³-hybridized carbons (Fsp3) is 0.538. The summed E-state index contributed by atoms with van der Waals surface area (Å²) in [6.45, 7) is 2.45. The summed E-state index contributed by atoms with van der Waals surface area (Å²) in [7, 11) is 1.82. The molecule has 3 rings (SSSR count). The summed E-state index contributed by atoms with van der Waals surface area (Å²) in [4.78, 5) is 15.7. The molecule has 0 bridgehead atoms. The van der Waals surface area contributed by atoms with E-state index in [1.165, 1.54) is 0 Å². The van der Waals surface area contributed by atoms with Crippen molar-refractivity contribution >= 4 is 0 Å². The zero-order valence-electron chi connectivity index (χ0n) is 11.5. The minimum Gasteiger partial charge on any atom is -0.293 e. The van der Waals surface area contributed by atoms with Crippen molar-refractivity contribution in [1.29, 1.82) is 0 Å². The van der Waals surface area contributed by atoms with Crippen LogP contribution in [0, 0.1) is 0 Å². The second-order valence-corrected chi connectivity index (χ2v) is 5.14. The van der Waals surface area contributed by atoms with Crippen LogP contribution in [-0.2, 0) is 20.1 Å². The summed E-state index contributed by atoms with van der Waals surface area (Å²) in [6.07, 6.45) is 5.68. The third-order valence-electron chi connectivity index (χ3n) is 3.68. The predicted molar refractivity (Wildman–Crippen MR) is 72.9 cm³/mol. The zero-order chi connectivity index (χ0) is 13.9. The van der Waals surface area contributed by atoms with Gasteiger partial charge in [-0.3, -0.25) is 9.69 Å². The molecule has 1 aliphatic heterocycles. The molecule has 0 amide bonds. The SMILES string of the molecule is Cn1ncc(CN2CCCC2Cn2ncccc2=O)n1. The van der Waals surface area contributed by atoms with Crippen molar-refractivity contribution in [2.75, 3.05) is 6.54 Å². The lowest BCUT2D eigenvalue weighted by atomic mass is 10.2. The maximum Gasteiger partial charge on any atom is 0.266 e. The molecule has 20 heavy (non-hydrogen) atoms. The van der Waals surface area contributed by atoms with Gasteiger partial charge in [0.2, 0.25) is 0 Å². The van der Waals surface area contributed by atoms with Gasteiger partial charge in [0.05, 0.1) is 18.4 Å². The number of hydrogen-bond acceptors (Lipinski definition) is 5. The van der Waals surface area contributed by atoms with E-state index >= 15 is 0 Å². The van der Waals surface area contributed by atoms with Crippen molar-refractivity contribution in [3.8, 4) is 0 Å². The fourth-order valence-electron chi connectivity index (χ4n) is 2.70. The van der Waals surface area contributed by atoms with Crippen molar-refractivity contribution in [2.24, 2.45) is 7.05 Å². The molecule has 1 atom stereocenters. The number of aromatic nitrogens is 5. The van der Waals surface area contributed by atoms with Gasteiger partial charge in [-0.25, -0.2) is 4.68 Å². The van der Waals surface area contributed by atoms with Crippen molar-refractivity contribution < 1.29 is 0 Å². The standard InChI is InChI=1S/C13H18N6O/c1-17-15-8-11(16-17)9-18-7-3-4-12(18)10-19-13(20)5-2-6-14-19/h2,5-6,8,12H,3-4,7,9-10H2,1H3. The summed E-state index contributed by atoms with van der Waals surface area (Å²) in [6, 6.07) is 3.56. The molecule has 7 heteroatoms. The number of nitrogens with zero attached hydrogens (tertiary/aromatic N) is 6. The van der Waals surface area contributed by atoms with Crippen molar-refractivity contribution in [3.05, 3.63) is 40.6 Å². The van der Waals surface area contributed by atoms with Crippen LogP contribution < -0.4 is 5.56 Å². The second-order valence-electron chi connectivity index (χ2n) is 5.14. The molecular formula is C13H18N6O. The van der Waals surface area contributed by atoms with Crippen LogP contribution in [0.15, 0.2) is 29.3 Å². The number of rotatable bonds is 4. The molecule has 2 aromatic rings. The summed E-state index contributed by atoms with van der Waals surface area (Å²) in [5, 5.41) is 12.5. The van der Waals surface area contributed by atoms with Gasteiger partial charge in [-0.1, -0.05) is 0 Å². The average molecular weight is 274 g/mol. The molecule has 2 aromatic heterocycles. The molecule has 0 spiro atoms. The van der Waals surface area contributed by atoms with E-state index in [1.807, 2.05) is 7.05 Å².